The molecule has 1 unspecified atom stereocenters. The molecule has 2 aromatic heterocycles. The van der Waals surface area contributed by atoms with Gasteiger partial charge in [-0.3, -0.25) is 9.39 Å². The maximum atomic E-state index is 4.29. The highest BCUT2D eigenvalue weighted by molar-refractivity contribution is 14.0. The van der Waals surface area contributed by atoms with Crippen LogP contribution >= 0.6 is 24.0 Å². The molecule has 0 aliphatic carbocycles. The van der Waals surface area contributed by atoms with Crippen LogP contribution in [0.15, 0.2) is 29.4 Å². The van der Waals surface area contributed by atoms with E-state index >= 15 is 0 Å². The lowest BCUT2D eigenvalue weighted by Gasteiger charge is -2.17. The second-order valence-electron chi connectivity index (χ2n) is 5.84. The van der Waals surface area contributed by atoms with Crippen LogP contribution in [0.3, 0.4) is 0 Å². The van der Waals surface area contributed by atoms with Gasteiger partial charge in [-0.2, -0.15) is 0 Å². The molecule has 2 rings (SSSR count). The van der Waals surface area contributed by atoms with Gasteiger partial charge in [-0.05, 0) is 25.5 Å². The fourth-order valence-corrected chi connectivity index (χ4v) is 2.55. The second-order valence-corrected chi connectivity index (χ2v) is 5.84. The molecule has 7 heteroatoms. The number of nitrogens with zero attached hydrogens (tertiary/aromatic N) is 4. The molecule has 134 valence electrons. The van der Waals surface area contributed by atoms with Crippen LogP contribution in [0.5, 0.6) is 0 Å². The minimum atomic E-state index is 0. The monoisotopic (exact) mass is 444 g/mol. The summed E-state index contributed by atoms with van der Waals surface area (Å²) in [6.45, 7) is 5.21. The predicted molar refractivity (Wildman–Crippen MR) is 110 cm³/mol. The summed E-state index contributed by atoms with van der Waals surface area (Å²) in [4.78, 5) is 4.29. The molecule has 2 N–H and O–H groups in total. The summed E-state index contributed by atoms with van der Waals surface area (Å²) in [7, 11) is 1.81. The number of nitrogens with one attached hydrogen (secondary N) is 2. The molecule has 0 aromatic carbocycles. The summed E-state index contributed by atoms with van der Waals surface area (Å²) < 4.78 is 2.02. The quantitative estimate of drug-likeness (QED) is 0.284. The fourth-order valence-electron chi connectivity index (χ4n) is 2.55. The zero-order valence-corrected chi connectivity index (χ0v) is 17.2. The third-order valence-corrected chi connectivity index (χ3v) is 3.87. The van der Waals surface area contributed by atoms with Crippen molar-refractivity contribution in [1.82, 2.24) is 25.2 Å². The first-order valence-corrected chi connectivity index (χ1v) is 8.50. The first-order chi connectivity index (χ1) is 11.2. The first-order valence-electron chi connectivity index (χ1n) is 8.50. The van der Waals surface area contributed by atoms with Crippen LogP contribution in [-0.4, -0.2) is 40.2 Å². The highest BCUT2D eigenvalue weighted by atomic mass is 127. The number of hydrogen-bond donors (Lipinski definition) is 2. The van der Waals surface area contributed by atoms with Gasteiger partial charge >= 0.3 is 0 Å². The molecule has 0 aliphatic rings. The first kappa shape index (κ1) is 20.7. The third kappa shape index (κ3) is 6.26. The van der Waals surface area contributed by atoms with Crippen LogP contribution in [0.1, 0.15) is 45.4 Å². The molecule has 0 spiro atoms. The van der Waals surface area contributed by atoms with Crippen LogP contribution in [0.25, 0.3) is 5.65 Å². The van der Waals surface area contributed by atoms with Gasteiger partial charge < -0.3 is 10.6 Å². The summed E-state index contributed by atoms with van der Waals surface area (Å²) in [5, 5.41) is 15.2. The lowest BCUT2D eigenvalue weighted by Crippen LogP contribution is -2.43. The average molecular weight is 444 g/mol. The van der Waals surface area contributed by atoms with Crippen molar-refractivity contribution in [2.75, 3.05) is 13.6 Å². The highest BCUT2D eigenvalue weighted by Gasteiger charge is 2.07. The van der Waals surface area contributed by atoms with Crippen LogP contribution in [0.2, 0.25) is 0 Å². The Morgan fingerprint density at radius 3 is 2.88 bits per heavy atom. The normalized spacial score (nSPS) is 12.7. The number of aromatic nitrogens is 3. The number of rotatable bonds is 8. The number of guanidine groups is 1. The predicted octanol–water partition coefficient (Wildman–Crippen LogP) is 3.02. The number of aliphatic imine (C=N–C) groups is 1. The van der Waals surface area contributed by atoms with Gasteiger partial charge in [0.05, 0.1) is 0 Å². The molecule has 0 saturated heterocycles. The zero-order valence-electron chi connectivity index (χ0n) is 14.8. The van der Waals surface area contributed by atoms with E-state index in [2.05, 4.69) is 39.7 Å². The topological polar surface area (TPSA) is 66.6 Å². The molecule has 24 heavy (non-hydrogen) atoms. The maximum absolute atomic E-state index is 4.29. The second kappa shape index (κ2) is 11.2. The van der Waals surface area contributed by atoms with E-state index in [4.69, 9.17) is 0 Å². The Labute approximate surface area is 161 Å². The molecule has 0 saturated carbocycles. The molecule has 0 amide bonds. The molecular weight excluding hydrogens is 415 g/mol. The van der Waals surface area contributed by atoms with Gasteiger partial charge in [-0.15, -0.1) is 34.2 Å². The SMILES string of the molecule is CCCCCC(C)NC(=NC)NCCc1nnc2ccccn12.I. The van der Waals surface area contributed by atoms with E-state index in [0.717, 1.165) is 30.4 Å². The zero-order chi connectivity index (χ0) is 16.5. The molecule has 6 nitrogen and oxygen atoms in total. The van der Waals surface area contributed by atoms with Crippen molar-refractivity contribution < 1.29 is 0 Å². The number of halogens is 1. The Kier molecular flexibility index (Phi) is 9.66. The summed E-state index contributed by atoms with van der Waals surface area (Å²) >= 11 is 0. The van der Waals surface area contributed by atoms with E-state index in [9.17, 15) is 0 Å². The Bertz CT molecular complexity index is 624. The van der Waals surface area contributed by atoms with Crippen molar-refractivity contribution in [2.45, 2.75) is 52.0 Å². The van der Waals surface area contributed by atoms with Crippen molar-refractivity contribution in [1.29, 1.82) is 0 Å². The Morgan fingerprint density at radius 2 is 2.12 bits per heavy atom. The number of fused-ring (bicyclic) bond motifs is 1. The van der Waals surface area contributed by atoms with E-state index in [1.165, 1.54) is 25.7 Å². The van der Waals surface area contributed by atoms with Gasteiger partial charge in [-0.25, -0.2) is 0 Å². The summed E-state index contributed by atoms with van der Waals surface area (Å²) in [5.74, 6) is 1.81. The molecule has 0 fully saturated rings. The van der Waals surface area contributed by atoms with Crippen molar-refractivity contribution in [3.05, 3.63) is 30.2 Å². The lowest BCUT2D eigenvalue weighted by molar-refractivity contribution is 0.546. The van der Waals surface area contributed by atoms with Gasteiger partial charge in [0.2, 0.25) is 0 Å². The molecule has 0 aliphatic heterocycles. The van der Waals surface area contributed by atoms with Crippen molar-refractivity contribution in [2.24, 2.45) is 4.99 Å². The molecule has 1 atom stereocenters. The van der Waals surface area contributed by atoms with E-state index in [1.807, 2.05) is 28.8 Å². The van der Waals surface area contributed by atoms with Gasteiger partial charge in [0, 0.05) is 32.3 Å². The highest BCUT2D eigenvalue weighted by Crippen LogP contribution is 2.04. The lowest BCUT2D eigenvalue weighted by atomic mass is 10.1. The van der Waals surface area contributed by atoms with Crippen molar-refractivity contribution in [3.63, 3.8) is 0 Å². The third-order valence-electron chi connectivity index (χ3n) is 3.87. The van der Waals surface area contributed by atoms with E-state index in [-0.39, 0.29) is 24.0 Å². The van der Waals surface area contributed by atoms with Gasteiger partial charge in [0.15, 0.2) is 11.6 Å². The van der Waals surface area contributed by atoms with Gasteiger partial charge in [0.1, 0.15) is 5.82 Å². The average Bonchev–Trinajstić information content (AvgIpc) is 2.97. The van der Waals surface area contributed by atoms with Crippen LogP contribution in [-0.2, 0) is 6.42 Å². The van der Waals surface area contributed by atoms with E-state index in [0.29, 0.717) is 6.04 Å². The smallest absolute Gasteiger partial charge is 0.191 e. The summed E-state index contributed by atoms with van der Waals surface area (Å²) in [6.07, 6.45) is 7.77. The van der Waals surface area contributed by atoms with Crippen molar-refractivity contribution >= 4 is 35.6 Å². The van der Waals surface area contributed by atoms with Crippen molar-refractivity contribution in [3.8, 4) is 0 Å². The van der Waals surface area contributed by atoms with Gasteiger partial charge in [-0.1, -0.05) is 32.3 Å². The van der Waals surface area contributed by atoms with E-state index < -0.39 is 0 Å². The Morgan fingerprint density at radius 1 is 1.29 bits per heavy atom. The largest absolute Gasteiger partial charge is 0.356 e. The van der Waals surface area contributed by atoms with Crippen LogP contribution in [0, 0.1) is 0 Å². The van der Waals surface area contributed by atoms with E-state index in [1.54, 1.807) is 7.05 Å². The van der Waals surface area contributed by atoms with Crippen LogP contribution in [0.4, 0.5) is 0 Å². The standard InChI is InChI=1S/C17H28N6.HI/c1-4-5-6-9-14(2)20-17(18-3)19-12-11-16-22-21-15-10-7-8-13-23(15)16;/h7-8,10,13-14H,4-6,9,11-12H2,1-3H3,(H2,18,19,20);1H. The molecule has 0 bridgehead atoms. The summed E-state index contributed by atoms with van der Waals surface area (Å²) in [5.41, 5.74) is 0.884. The number of hydrogen-bond acceptors (Lipinski definition) is 3. The molecule has 2 heterocycles. The molecule has 2 aromatic rings. The summed E-state index contributed by atoms with van der Waals surface area (Å²) in [6, 6.07) is 6.35. The maximum Gasteiger partial charge on any atom is 0.191 e. The molecular formula is C17H29IN6. The van der Waals surface area contributed by atoms with Crippen LogP contribution < -0.4 is 10.6 Å². The number of unbranched alkanes of at least 4 members (excludes halogenated alkanes) is 2. The minimum Gasteiger partial charge on any atom is -0.356 e. The molecule has 0 radical (unpaired) electrons. The minimum absolute atomic E-state index is 0. The fraction of sp³-hybridized carbons (Fsp3) is 0.588. The van der Waals surface area contributed by atoms with Gasteiger partial charge in [0.25, 0.3) is 0 Å². The Balaban J connectivity index is 0.00000288. The number of pyridine rings is 1. The Hall–Kier alpha value is -1.38.